The van der Waals surface area contributed by atoms with Crippen LogP contribution < -0.4 is 9.47 Å². The van der Waals surface area contributed by atoms with E-state index in [4.69, 9.17) is 14.2 Å². The molecule has 1 saturated heterocycles. The fourth-order valence-electron chi connectivity index (χ4n) is 2.63. The first-order valence-electron chi connectivity index (χ1n) is 8.14. The van der Waals surface area contributed by atoms with Gasteiger partial charge in [0.2, 0.25) is 12.6 Å². The van der Waals surface area contributed by atoms with Crippen LogP contribution >= 0.6 is 0 Å². The Labute approximate surface area is 138 Å². The molecular formula is C20H24O3. The predicted molar refractivity (Wildman–Crippen MR) is 91.0 cm³/mol. The lowest BCUT2D eigenvalue weighted by Crippen LogP contribution is -2.21. The van der Waals surface area contributed by atoms with Crippen LogP contribution in [0.4, 0.5) is 0 Å². The first-order chi connectivity index (χ1) is 11.0. The van der Waals surface area contributed by atoms with Crippen molar-refractivity contribution in [3.05, 3.63) is 58.7 Å². The average molecular weight is 312 g/mol. The molecule has 0 N–H and O–H groups in total. The van der Waals surface area contributed by atoms with Crippen LogP contribution in [-0.4, -0.2) is 12.6 Å². The minimum Gasteiger partial charge on any atom is -0.465 e. The van der Waals surface area contributed by atoms with Crippen LogP contribution in [-0.2, 0) is 4.74 Å². The van der Waals surface area contributed by atoms with Crippen molar-refractivity contribution in [3.63, 3.8) is 0 Å². The van der Waals surface area contributed by atoms with Crippen molar-refractivity contribution >= 4 is 0 Å². The molecule has 0 spiro atoms. The Morgan fingerprint density at radius 3 is 1.52 bits per heavy atom. The fourth-order valence-corrected chi connectivity index (χ4v) is 2.63. The molecule has 1 aliphatic heterocycles. The largest absolute Gasteiger partial charge is 0.465 e. The number of rotatable bonds is 4. The van der Waals surface area contributed by atoms with Gasteiger partial charge < -0.3 is 14.2 Å². The van der Waals surface area contributed by atoms with E-state index in [0.717, 1.165) is 24.3 Å². The van der Waals surface area contributed by atoms with Crippen molar-refractivity contribution in [2.45, 2.75) is 53.1 Å². The molecule has 2 atom stereocenters. The molecule has 3 heteroatoms. The molecular weight excluding hydrogens is 288 g/mol. The maximum atomic E-state index is 5.92. The van der Waals surface area contributed by atoms with Crippen LogP contribution in [0.25, 0.3) is 0 Å². The normalized spacial score (nSPS) is 20.5. The summed E-state index contributed by atoms with van der Waals surface area (Å²) in [5.41, 5.74) is 4.98. The third-order valence-electron chi connectivity index (χ3n) is 4.43. The van der Waals surface area contributed by atoms with Crippen LogP contribution in [0.1, 0.15) is 35.1 Å². The van der Waals surface area contributed by atoms with E-state index >= 15 is 0 Å². The Morgan fingerprint density at radius 1 is 0.696 bits per heavy atom. The van der Waals surface area contributed by atoms with Crippen molar-refractivity contribution in [1.29, 1.82) is 0 Å². The number of hydrogen-bond acceptors (Lipinski definition) is 3. The molecule has 2 aromatic rings. The molecule has 23 heavy (non-hydrogen) atoms. The van der Waals surface area contributed by atoms with Gasteiger partial charge in [-0.3, -0.25) is 0 Å². The van der Waals surface area contributed by atoms with E-state index in [1.165, 1.54) is 22.3 Å². The van der Waals surface area contributed by atoms with E-state index in [1.807, 2.05) is 12.1 Å². The molecule has 1 fully saturated rings. The third kappa shape index (κ3) is 3.85. The molecule has 122 valence electrons. The molecule has 0 saturated carbocycles. The monoisotopic (exact) mass is 312 g/mol. The van der Waals surface area contributed by atoms with Gasteiger partial charge in [-0.25, -0.2) is 0 Å². The van der Waals surface area contributed by atoms with Gasteiger partial charge >= 0.3 is 0 Å². The summed E-state index contributed by atoms with van der Waals surface area (Å²) < 4.78 is 17.7. The highest BCUT2D eigenvalue weighted by Gasteiger charge is 2.28. The smallest absolute Gasteiger partial charge is 0.203 e. The Morgan fingerprint density at radius 2 is 1.13 bits per heavy atom. The summed E-state index contributed by atoms with van der Waals surface area (Å²) in [6.45, 7) is 8.36. The van der Waals surface area contributed by atoms with Gasteiger partial charge in [-0.2, -0.15) is 0 Å². The summed E-state index contributed by atoms with van der Waals surface area (Å²) in [5, 5.41) is 0. The van der Waals surface area contributed by atoms with Crippen LogP contribution in [0.15, 0.2) is 36.4 Å². The maximum absolute atomic E-state index is 5.92. The molecule has 2 aromatic carbocycles. The number of hydrogen-bond donors (Lipinski definition) is 0. The zero-order valence-electron chi connectivity index (χ0n) is 14.3. The van der Waals surface area contributed by atoms with Crippen molar-refractivity contribution in [2.75, 3.05) is 0 Å². The highest BCUT2D eigenvalue weighted by Crippen LogP contribution is 2.27. The van der Waals surface area contributed by atoms with E-state index in [1.54, 1.807) is 0 Å². The second-order valence-electron chi connectivity index (χ2n) is 6.30. The molecule has 0 aromatic heterocycles. The van der Waals surface area contributed by atoms with Gasteiger partial charge in [-0.1, -0.05) is 12.1 Å². The van der Waals surface area contributed by atoms with Crippen molar-refractivity contribution < 1.29 is 14.2 Å². The average Bonchev–Trinajstić information content (AvgIpc) is 2.94. The Kier molecular flexibility index (Phi) is 4.58. The quantitative estimate of drug-likeness (QED) is 0.808. The Balaban J connectivity index is 1.57. The molecule has 1 heterocycles. The van der Waals surface area contributed by atoms with E-state index in [-0.39, 0.29) is 12.6 Å². The van der Waals surface area contributed by atoms with Gasteiger partial charge in [0.1, 0.15) is 11.5 Å². The summed E-state index contributed by atoms with van der Waals surface area (Å²) in [6.07, 6.45) is 1.19. The minimum absolute atomic E-state index is 0.242. The lowest BCUT2D eigenvalue weighted by molar-refractivity contribution is -0.137. The molecule has 0 bridgehead atoms. The number of ether oxygens (including phenoxy) is 3. The Bertz CT molecular complexity index is 634. The molecule has 2 unspecified atom stereocenters. The van der Waals surface area contributed by atoms with Gasteiger partial charge in [-0.05, 0) is 74.2 Å². The van der Waals surface area contributed by atoms with Gasteiger partial charge in [0.05, 0.1) is 0 Å². The van der Waals surface area contributed by atoms with E-state index in [0.29, 0.717) is 0 Å². The van der Waals surface area contributed by atoms with Gasteiger partial charge in [0, 0.05) is 12.8 Å². The topological polar surface area (TPSA) is 27.7 Å². The molecule has 3 rings (SSSR count). The SMILES string of the molecule is Cc1ccc(OC2CCC(Oc3ccc(C)c(C)c3)O2)cc1C. The van der Waals surface area contributed by atoms with E-state index in [9.17, 15) is 0 Å². The number of benzene rings is 2. The van der Waals surface area contributed by atoms with Crippen molar-refractivity contribution in [3.8, 4) is 11.5 Å². The second kappa shape index (κ2) is 6.63. The van der Waals surface area contributed by atoms with E-state index in [2.05, 4.69) is 52.0 Å². The van der Waals surface area contributed by atoms with Gasteiger partial charge in [-0.15, -0.1) is 0 Å². The lowest BCUT2D eigenvalue weighted by Gasteiger charge is -2.17. The highest BCUT2D eigenvalue weighted by atomic mass is 16.8. The molecule has 0 amide bonds. The highest BCUT2D eigenvalue weighted by molar-refractivity contribution is 5.34. The van der Waals surface area contributed by atoms with E-state index < -0.39 is 0 Å². The third-order valence-corrected chi connectivity index (χ3v) is 4.43. The van der Waals surface area contributed by atoms with Crippen molar-refractivity contribution in [2.24, 2.45) is 0 Å². The first kappa shape index (κ1) is 15.9. The second-order valence-corrected chi connectivity index (χ2v) is 6.30. The van der Waals surface area contributed by atoms with Gasteiger partial charge in [0.15, 0.2) is 0 Å². The standard InChI is InChI=1S/C20H24O3/c1-13-5-7-17(11-15(13)3)21-19-9-10-20(23-19)22-18-8-6-14(2)16(4)12-18/h5-8,11-12,19-20H,9-10H2,1-4H3. The summed E-state index contributed by atoms with van der Waals surface area (Å²) in [5.74, 6) is 1.70. The minimum atomic E-state index is -0.242. The zero-order valence-corrected chi connectivity index (χ0v) is 14.3. The van der Waals surface area contributed by atoms with Crippen LogP contribution in [0.5, 0.6) is 11.5 Å². The fraction of sp³-hybridized carbons (Fsp3) is 0.400. The molecule has 0 radical (unpaired) electrons. The summed E-state index contributed by atoms with van der Waals surface area (Å²) >= 11 is 0. The summed E-state index contributed by atoms with van der Waals surface area (Å²) in [6, 6.07) is 12.2. The van der Waals surface area contributed by atoms with Crippen LogP contribution in [0.2, 0.25) is 0 Å². The zero-order chi connectivity index (χ0) is 16.4. The molecule has 3 nitrogen and oxygen atoms in total. The van der Waals surface area contributed by atoms with Crippen molar-refractivity contribution in [1.82, 2.24) is 0 Å². The summed E-state index contributed by atoms with van der Waals surface area (Å²) in [7, 11) is 0. The summed E-state index contributed by atoms with van der Waals surface area (Å²) in [4.78, 5) is 0. The first-order valence-corrected chi connectivity index (χ1v) is 8.14. The van der Waals surface area contributed by atoms with Crippen LogP contribution in [0.3, 0.4) is 0 Å². The molecule has 1 aliphatic rings. The molecule has 0 aliphatic carbocycles. The number of aryl methyl sites for hydroxylation is 4. The Hall–Kier alpha value is -2.00. The predicted octanol–water partition coefficient (Wildman–Crippen LogP) is 4.84. The van der Waals surface area contributed by atoms with Gasteiger partial charge in [0.25, 0.3) is 0 Å². The maximum Gasteiger partial charge on any atom is 0.203 e. The lowest BCUT2D eigenvalue weighted by atomic mass is 10.1. The van der Waals surface area contributed by atoms with Crippen LogP contribution in [0, 0.1) is 27.7 Å².